The Labute approximate surface area is 904 Å². The summed E-state index contributed by atoms with van der Waals surface area (Å²) in [4.78, 5) is 30.7. The Morgan fingerprint density at radius 2 is 0.673 bits per heavy atom. The fourth-order valence-corrected chi connectivity index (χ4v) is 12.6. The highest BCUT2D eigenvalue weighted by molar-refractivity contribution is 5.80. The molecule has 812 valence electrons. The van der Waals surface area contributed by atoms with E-state index in [2.05, 4.69) is 410 Å². The van der Waals surface area contributed by atoms with Crippen molar-refractivity contribution in [2.24, 2.45) is 72.4 Å². The van der Waals surface area contributed by atoms with Gasteiger partial charge in [0.15, 0.2) is 0 Å². The molecule has 20 nitrogen and oxygen atoms in total. The Morgan fingerprint density at radius 3 is 1.21 bits per heavy atom. The zero-order valence-corrected chi connectivity index (χ0v) is 99.8. The van der Waals surface area contributed by atoms with Crippen LogP contribution in [0, 0.1) is 51.2 Å². The number of imidazole rings is 3. The summed E-state index contributed by atoms with van der Waals surface area (Å²) in [6.07, 6.45) is 48.1. The Morgan fingerprint density at radius 1 is 0.253 bits per heavy atom. The summed E-state index contributed by atoms with van der Waals surface area (Å²) in [5, 5.41) is 17.3. The van der Waals surface area contributed by atoms with E-state index in [1.807, 2.05) is 268 Å². The first-order valence-electron chi connectivity index (χ1n) is 53.4. The van der Waals surface area contributed by atoms with Crippen LogP contribution < -0.4 is 4.90 Å². The normalized spacial score (nSPS) is 11.4. The van der Waals surface area contributed by atoms with Crippen molar-refractivity contribution in [1.29, 1.82) is 0 Å². The van der Waals surface area contributed by atoms with Gasteiger partial charge in [-0.25, -0.2) is 34.0 Å². The second-order valence-corrected chi connectivity index (χ2v) is 48.7. The van der Waals surface area contributed by atoms with E-state index in [-0.39, 0.29) is 11.1 Å². The number of hydrogen-bond acceptors (Lipinski definition) is 11. The lowest BCUT2D eigenvalue weighted by molar-refractivity contribution is 0.368. The van der Waals surface area contributed by atoms with Gasteiger partial charge in [0.1, 0.15) is 23.3 Å². The quantitative estimate of drug-likeness (QED) is 0.141. The molecule has 0 radical (unpaired) electrons. The van der Waals surface area contributed by atoms with Crippen LogP contribution in [-0.4, -0.2) is 103 Å². The molecule has 0 atom stereocenters. The van der Waals surface area contributed by atoms with Crippen LogP contribution in [0.1, 0.15) is 279 Å². The fraction of sp³-hybridized carbons (Fsp3) is 0.431. The van der Waals surface area contributed by atoms with Crippen LogP contribution in [0.25, 0.3) is 71.6 Å². The van der Waals surface area contributed by atoms with Gasteiger partial charge in [0, 0.05) is 172 Å². The van der Waals surface area contributed by atoms with E-state index in [9.17, 15) is 0 Å². The van der Waals surface area contributed by atoms with Crippen LogP contribution in [0.5, 0.6) is 0 Å². The van der Waals surface area contributed by atoms with Crippen molar-refractivity contribution in [3.63, 3.8) is 0 Å². The molecule has 0 saturated carbocycles. The smallest absolute Gasteiger partial charge is 0.139 e. The van der Waals surface area contributed by atoms with Gasteiger partial charge < -0.3 is 27.4 Å². The second-order valence-electron chi connectivity index (χ2n) is 48.7. The van der Waals surface area contributed by atoms with E-state index in [1.54, 1.807) is 54.8 Å². The number of hydrogen-bond donors (Lipinski definition) is 0. The zero-order chi connectivity index (χ0) is 112. The maximum atomic E-state index is 4.38. The second kappa shape index (κ2) is 67.4. The van der Waals surface area contributed by atoms with E-state index in [0.29, 0.717) is 21.7 Å². The van der Waals surface area contributed by atoms with Crippen LogP contribution in [0.4, 0.5) is 5.69 Å². The molecule has 0 unspecified atom stereocenters. The van der Waals surface area contributed by atoms with Gasteiger partial charge >= 0.3 is 0 Å². The standard InChI is InChI=1S/C12H17N.C11H14N2.C9H10.3C8H8N2.4C7H6N2.C6H5N3.4C5H12.5C4H10/c1-12(2,3)13-9-8-10-6-4-5-7-11(10)13;1-11(2,3)13-10-7-5-4-6-9(10)8-12-13;1-2-5-9-7-3-6-8(9)4-1;1-10-5-3-7-6-9-4-2-8(7)10;1-10-5-3-7-2-4-9-6-8(7)10;1-10-6-4-7-3-2-5-9-8(7)10;1-3-7-4-2-6-9(7)8-5-1;1-2-6-9-7(3-1)4-5-8-9;1-2-5-9-6-4-8-7(9)3-1;1-2-4-9-6-8-5-7(9)3-1;1-2-7-5-9-4-3-8-6(1)9;4*1-5(2,3)4;5*1-4(2)3/h4-7H,8-9H2,1-3H3;4-8H,1-3H3;1-2,4-5H,3,6-7H2;3*2-6H,1H3;4*1-6H;1-5H;4*1-4H3;5*4H,1-3H3. The molecule has 20 aromatic rings. The molecule has 0 fully saturated rings. The number of rotatable bonds is 0. The number of aromatic nitrogens is 19. The van der Waals surface area contributed by atoms with Gasteiger partial charge in [0.05, 0.1) is 63.6 Å². The molecule has 0 bridgehead atoms. The first-order valence-corrected chi connectivity index (χ1v) is 53.4. The van der Waals surface area contributed by atoms with Crippen molar-refractivity contribution in [2.75, 3.05) is 11.4 Å². The third-order valence-corrected chi connectivity index (χ3v) is 18.3. The first-order chi connectivity index (χ1) is 70.3. The molecular formula is C130H192N20. The van der Waals surface area contributed by atoms with E-state index >= 15 is 0 Å². The van der Waals surface area contributed by atoms with Gasteiger partial charge in [0.25, 0.3) is 0 Å². The van der Waals surface area contributed by atoms with Crippen LogP contribution in [0.3, 0.4) is 0 Å². The lowest BCUT2D eigenvalue weighted by atomic mass is 10.0. The van der Waals surface area contributed by atoms with Crippen LogP contribution >= 0.6 is 0 Å². The zero-order valence-electron chi connectivity index (χ0n) is 99.8. The van der Waals surface area contributed by atoms with Gasteiger partial charge in [-0.2, -0.15) is 15.3 Å². The van der Waals surface area contributed by atoms with Gasteiger partial charge in [-0.1, -0.05) is 293 Å². The maximum Gasteiger partial charge on any atom is 0.139 e. The average Bonchev–Trinajstić information content (AvgIpc) is 1.66. The van der Waals surface area contributed by atoms with Gasteiger partial charge in [0.2, 0.25) is 0 Å². The summed E-state index contributed by atoms with van der Waals surface area (Å²) in [6, 6.07) is 69.6. The molecule has 150 heavy (non-hydrogen) atoms. The monoisotopic (exact) mass is 2030 g/mol. The van der Waals surface area contributed by atoms with Crippen molar-refractivity contribution in [2.45, 2.75) is 293 Å². The lowest BCUT2D eigenvalue weighted by Gasteiger charge is -2.34. The van der Waals surface area contributed by atoms with Crippen LogP contribution in [0.15, 0.2) is 349 Å². The molecule has 0 N–H and O–H groups in total. The molecule has 18 heterocycles. The molecule has 0 saturated heterocycles. The first kappa shape index (κ1) is 131. The Hall–Kier alpha value is -13.6. The van der Waals surface area contributed by atoms with Crippen LogP contribution in [-0.2, 0) is 45.9 Å². The molecule has 17 aromatic heterocycles. The lowest BCUT2D eigenvalue weighted by Crippen LogP contribution is -2.40. The third-order valence-electron chi connectivity index (χ3n) is 18.3. The molecule has 1 aliphatic heterocycles. The number of para-hydroxylation sites is 2. The van der Waals surface area contributed by atoms with Gasteiger partial charge in [-0.05, 0) is 263 Å². The predicted octanol–water partition coefficient (Wildman–Crippen LogP) is 35.1. The number of benzene rings is 3. The Bertz CT molecular complexity index is 6020. The number of fused-ring (bicyclic) bond motifs is 11. The molecule has 3 aromatic carbocycles. The highest BCUT2D eigenvalue weighted by Gasteiger charge is 2.27. The SMILES string of the molecule is CC(C)(C)C.CC(C)(C)C.CC(C)(C)C.CC(C)(C)C.CC(C)(C)N1CCc2ccccc21.CC(C)(C)n1ncc2ccccc21.CC(C)C.CC(C)C.CC(C)C.CC(C)C.CC(C)C.Cn1ccc2cccnc21.Cn1ccc2ccncc21.Cn1ccc2cnccc21.c1cc2nccn2cn1.c1ccc2c(c1)CCC2.c1ccn2ccnc2c1.c1ccn2cncc2c1.c1ccn2nccc2c1.c1cnn2cccc2c1. The molecular weight excluding hydrogens is 1840 g/mol. The highest BCUT2D eigenvalue weighted by Crippen LogP contribution is 2.33. The van der Waals surface area contributed by atoms with Crippen molar-refractivity contribution >= 4 is 77.3 Å². The third kappa shape index (κ3) is 59.5. The summed E-state index contributed by atoms with van der Waals surface area (Å²) >= 11 is 0. The number of anilines is 1. The van der Waals surface area contributed by atoms with Gasteiger partial charge in [-0.3, -0.25) is 19.1 Å². The summed E-state index contributed by atoms with van der Waals surface area (Å²) < 4.78 is 17.7. The van der Waals surface area contributed by atoms with Gasteiger partial charge in [-0.15, -0.1) is 0 Å². The average molecular weight is 2040 g/mol. The highest BCUT2D eigenvalue weighted by atomic mass is 15.3. The minimum atomic E-state index is 0.0586. The molecule has 0 spiro atoms. The van der Waals surface area contributed by atoms with E-state index in [1.165, 1.54) is 81.6 Å². The fourth-order valence-electron chi connectivity index (χ4n) is 12.6. The van der Waals surface area contributed by atoms with Crippen molar-refractivity contribution in [1.82, 2.24) is 90.8 Å². The molecule has 22 rings (SSSR count). The van der Waals surface area contributed by atoms with Crippen molar-refractivity contribution < 1.29 is 0 Å². The Balaban J connectivity index is 0.000000410. The summed E-state index contributed by atoms with van der Waals surface area (Å²) in [6.45, 7) is 82.0. The topological polar surface area (TPSA) is 174 Å². The minimum Gasteiger partial charge on any atom is -0.366 e. The Kier molecular flexibility index (Phi) is 58.7. The van der Waals surface area contributed by atoms with E-state index < -0.39 is 0 Å². The largest absolute Gasteiger partial charge is 0.366 e. The van der Waals surface area contributed by atoms with Crippen LogP contribution in [0.2, 0.25) is 0 Å². The number of pyridine rings is 6. The number of aryl methyl sites for hydroxylation is 5. The molecule has 1 aliphatic carbocycles. The minimum absolute atomic E-state index is 0.0586. The summed E-state index contributed by atoms with van der Waals surface area (Å²) in [5.41, 5.74) is 18.4. The van der Waals surface area contributed by atoms with Crippen molar-refractivity contribution in [3.8, 4) is 0 Å². The van der Waals surface area contributed by atoms with E-state index in [0.717, 1.165) is 63.1 Å². The molecule has 0 amide bonds. The van der Waals surface area contributed by atoms with E-state index in [4.69, 9.17) is 0 Å². The predicted molar refractivity (Wildman–Crippen MR) is 649 cm³/mol. The molecule has 20 heteroatoms. The van der Waals surface area contributed by atoms with Crippen molar-refractivity contribution in [3.05, 3.63) is 366 Å². The molecule has 2 aliphatic rings. The summed E-state index contributed by atoms with van der Waals surface area (Å²) in [7, 11) is 6.04. The maximum absolute atomic E-state index is 4.38. The number of nitrogens with zero attached hydrogens (tertiary/aromatic N) is 20. The summed E-state index contributed by atoms with van der Waals surface area (Å²) in [5.74, 6) is 4.17.